The van der Waals surface area contributed by atoms with Crippen LogP contribution in [0.4, 0.5) is 5.69 Å². The molecule has 0 radical (unpaired) electrons. The Morgan fingerprint density at radius 2 is 1.77 bits per heavy atom. The molecule has 1 aromatic rings. The Kier molecular flexibility index (Phi) is 8.95. The van der Waals surface area contributed by atoms with Crippen molar-refractivity contribution in [1.82, 2.24) is 0 Å². The highest BCUT2D eigenvalue weighted by atomic mass is 14.9. The van der Waals surface area contributed by atoms with Gasteiger partial charge in [-0.2, -0.15) is 0 Å². The van der Waals surface area contributed by atoms with E-state index in [9.17, 15) is 0 Å². The number of hydrogen-bond acceptors (Lipinski definition) is 1. The van der Waals surface area contributed by atoms with Crippen LogP contribution < -0.4 is 5.32 Å². The van der Waals surface area contributed by atoms with Crippen LogP contribution in [0, 0.1) is 46.8 Å². The summed E-state index contributed by atoms with van der Waals surface area (Å²) < 4.78 is 0. The fourth-order valence-electron chi connectivity index (χ4n) is 10.8. The standard InChI is InChI=1S/C38H61N/c1-9-12-14-27-21-28-19-24(4)15-17-31(28)33-22-29(16-18-30(33)26(27)6)39-37-23-36-34(20-25(37)5)32(13-10-2)35(11-3)38(36,7)8/h16,18,22,25-28,31-32,34-37,39H,4,9-15,17,19-21,23H2,1-3,5-8H3. The molecular weight excluding hydrogens is 470 g/mol. The Labute approximate surface area is 242 Å². The number of nitrogens with one attached hydrogen (secondary N) is 1. The number of anilines is 1. The Balaban J connectivity index is 1.39. The molecule has 4 aliphatic carbocycles. The van der Waals surface area contributed by atoms with Gasteiger partial charge in [0.15, 0.2) is 0 Å². The van der Waals surface area contributed by atoms with E-state index in [0.717, 1.165) is 47.3 Å². The van der Waals surface area contributed by atoms with E-state index < -0.39 is 0 Å². The van der Waals surface area contributed by atoms with E-state index in [1.807, 2.05) is 0 Å². The number of benzene rings is 1. The Hall–Kier alpha value is -1.24. The van der Waals surface area contributed by atoms with Crippen molar-refractivity contribution < 1.29 is 0 Å². The Bertz CT molecular complexity index is 988. The maximum atomic E-state index is 4.46. The first-order valence-electron chi connectivity index (χ1n) is 17.3. The van der Waals surface area contributed by atoms with Crippen molar-refractivity contribution in [2.45, 2.75) is 143 Å². The first-order chi connectivity index (χ1) is 18.7. The third kappa shape index (κ3) is 5.51. The molecule has 0 amide bonds. The molecule has 10 unspecified atom stereocenters. The average molecular weight is 532 g/mol. The van der Waals surface area contributed by atoms with Gasteiger partial charge in [0.05, 0.1) is 0 Å². The first-order valence-corrected chi connectivity index (χ1v) is 17.3. The molecule has 3 saturated carbocycles. The quantitative estimate of drug-likeness (QED) is 0.329. The second kappa shape index (κ2) is 11.9. The fraction of sp³-hybridized carbons (Fsp3) is 0.789. The average Bonchev–Trinajstić information content (AvgIpc) is 3.03. The molecule has 1 N–H and O–H groups in total. The molecule has 0 saturated heterocycles. The first kappa shape index (κ1) is 29.3. The van der Waals surface area contributed by atoms with Crippen molar-refractivity contribution in [3.8, 4) is 0 Å². The zero-order valence-corrected chi connectivity index (χ0v) is 26.7. The van der Waals surface area contributed by atoms with Crippen molar-refractivity contribution in [3.05, 3.63) is 41.5 Å². The summed E-state index contributed by atoms with van der Waals surface area (Å²) in [7, 11) is 0. The molecule has 1 heteroatoms. The van der Waals surface area contributed by atoms with Crippen molar-refractivity contribution in [2.75, 3.05) is 5.32 Å². The van der Waals surface area contributed by atoms with Crippen LogP contribution in [-0.4, -0.2) is 6.04 Å². The lowest BCUT2D eigenvalue weighted by Crippen LogP contribution is -2.41. The van der Waals surface area contributed by atoms with E-state index in [1.54, 1.807) is 11.1 Å². The molecule has 0 aromatic heterocycles. The summed E-state index contributed by atoms with van der Waals surface area (Å²) in [5, 5.41) is 4.18. The van der Waals surface area contributed by atoms with Crippen LogP contribution in [0.1, 0.15) is 148 Å². The molecule has 0 spiro atoms. The minimum absolute atomic E-state index is 0.466. The van der Waals surface area contributed by atoms with Gasteiger partial charge in [0.1, 0.15) is 0 Å². The minimum atomic E-state index is 0.466. The van der Waals surface area contributed by atoms with Crippen LogP contribution in [0.15, 0.2) is 30.4 Å². The topological polar surface area (TPSA) is 12.0 Å². The van der Waals surface area contributed by atoms with Crippen LogP contribution >= 0.6 is 0 Å². The predicted molar refractivity (Wildman–Crippen MR) is 170 cm³/mol. The van der Waals surface area contributed by atoms with E-state index in [1.165, 1.54) is 88.3 Å². The van der Waals surface area contributed by atoms with Gasteiger partial charge in [-0.25, -0.2) is 0 Å². The molecule has 39 heavy (non-hydrogen) atoms. The van der Waals surface area contributed by atoms with Gasteiger partial charge >= 0.3 is 0 Å². The van der Waals surface area contributed by atoms with Crippen LogP contribution in [0.5, 0.6) is 0 Å². The van der Waals surface area contributed by atoms with Crippen LogP contribution in [0.3, 0.4) is 0 Å². The Morgan fingerprint density at radius 1 is 0.974 bits per heavy atom. The summed E-state index contributed by atoms with van der Waals surface area (Å²) in [5.74, 6) is 7.40. The van der Waals surface area contributed by atoms with Crippen LogP contribution in [0.2, 0.25) is 0 Å². The normalized spacial score (nSPS) is 39.4. The largest absolute Gasteiger partial charge is 0.382 e. The van der Waals surface area contributed by atoms with Gasteiger partial charge in [0, 0.05) is 11.7 Å². The summed E-state index contributed by atoms with van der Waals surface area (Å²) in [5.41, 5.74) is 6.74. The number of allylic oxidation sites excluding steroid dienone is 1. The Morgan fingerprint density at radius 3 is 2.49 bits per heavy atom. The van der Waals surface area contributed by atoms with Gasteiger partial charge < -0.3 is 5.32 Å². The molecular formula is C38H61N. The van der Waals surface area contributed by atoms with Gasteiger partial charge in [-0.05, 0) is 127 Å². The number of rotatable bonds is 8. The lowest BCUT2D eigenvalue weighted by atomic mass is 9.65. The van der Waals surface area contributed by atoms with Gasteiger partial charge in [-0.3, -0.25) is 0 Å². The fourth-order valence-corrected chi connectivity index (χ4v) is 10.8. The summed E-state index contributed by atoms with van der Waals surface area (Å²) in [6, 6.07) is 8.24. The highest BCUT2D eigenvalue weighted by molar-refractivity contribution is 5.52. The van der Waals surface area contributed by atoms with Crippen molar-refractivity contribution in [1.29, 1.82) is 0 Å². The van der Waals surface area contributed by atoms with E-state index in [0.29, 0.717) is 17.4 Å². The molecule has 3 fully saturated rings. The molecule has 10 atom stereocenters. The predicted octanol–water partition coefficient (Wildman–Crippen LogP) is 11.4. The second-order valence-electron chi connectivity index (χ2n) is 15.4. The highest BCUT2D eigenvalue weighted by Crippen LogP contribution is 2.62. The molecule has 0 heterocycles. The van der Waals surface area contributed by atoms with Gasteiger partial charge in [-0.1, -0.05) is 98.8 Å². The van der Waals surface area contributed by atoms with E-state index in [2.05, 4.69) is 78.6 Å². The van der Waals surface area contributed by atoms with Gasteiger partial charge in [0.2, 0.25) is 0 Å². The molecule has 5 rings (SSSR count). The summed E-state index contributed by atoms with van der Waals surface area (Å²) >= 11 is 0. The molecule has 4 aliphatic rings. The number of hydrogen-bond donors (Lipinski definition) is 1. The van der Waals surface area contributed by atoms with Gasteiger partial charge in [-0.15, -0.1) is 0 Å². The molecule has 0 aliphatic heterocycles. The van der Waals surface area contributed by atoms with Crippen LogP contribution in [0.25, 0.3) is 0 Å². The summed E-state index contributed by atoms with van der Waals surface area (Å²) in [6.07, 6.45) is 16.2. The number of unbranched alkanes of at least 4 members (excludes halogenated alkanes) is 1. The molecule has 1 nitrogen and oxygen atoms in total. The van der Waals surface area contributed by atoms with E-state index in [-0.39, 0.29) is 0 Å². The number of fused-ring (bicyclic) bond motifs is 4. The molecule has 1 aromatic carbocycles. The van der Waals surface area contributed by atoms with Gasteiger partial charge in [0.25, 0.3) is 0 Å². The minimum Gasteiger partial charge on any atom is -0.382 e. The summed E-state index contributed by atoms with van der Waals surface area (Å²) in [6.45, 7) is 22.0. The maximum Gasteiger partial charge on any atom is 0.0345 e. The third-order valence-electron chi connectivity index (χ3n) is 12.9. The molecule has 0 bridgehead atoms. The second-order valence-corrected chi connectivity index (χ2v) is 15.4. The smallest absolute Gasteiger partial charge is 0.0345 e. The third-order valence-corrected chi connectivity index (χ3v) is 12.9. The molecule has 218 valence electrons. The van der Waals surface area contributed by atoms with Crippen molar-refractivity contribution in [2.24, 2.45) is 46.8 Å². The van der Waals surface area contributed by atoms with E-state index in [4.69, 9.17) is 0 Å². The SMILES string of the molecule is C=C1CCC2c3cc(NC4CC5C(CC4C)C(CCC)C(CC)C5(C)C)ccc3C(C)C(CCCC)CC2C1. The highest BCUT2D eigenvalue weighted by Gasteiger charge is 2.56. The lowest BCUT2D eigenvalue weighted by molar-refractivity contribution is 0.105. The maximum absolute atomic E-state index is 4.46. The van der Waals surface area contributed by atoms with E-state index >= 15 is 0 Å². The zero-order valence-electron chi connectivity index (χ0n) is 26.7. The van der Waals surface area contributed by atoms with Crippen LogP contribution in [-0.2, 0) is 0 Å². The lowest BCUT2D eigenvalue weighted by Gasteiger charge is -2.43. The van der Waals surface area contributed by atoms with Crippen molar-refractivity contribution >= 4 is 5.69 Å². The van der Waals surface area contributed by atoms with Crippen molar-refractivity contribution in [3.63, 3.8) is 0 Å². The zero-order chi connectivity index (χ0) is 27.9. The summed E-state index contributed by atoms with van der Waals surface area (Å²) in [4.78, 5) is 0. The monoisotopic (exact) mass is 531 g/mol.